The number of rotatable bonds is 6. The van der Waals surface area contributed by atoms with Gasteiger partial charge in [-0.3, -0.25) is 9.69 Å². The minimum atomic E-state index is -0.550. The molecule has 1 saturated heterocycles. The van der Waals surface area contributed by atoms with E-state index < -0.39 is 12.1 Å². The van der Waals surface area contributed by atoms with Crippen LogP contribution in [0.25, 0.3) is 0 Å². The second-order valence-electron chi connectivity index (χ2n) is 5.56. The number of morpholine rings is 1. The Kier molecular flexibility index (Phi) is 6.71. The molecule has 0 aromatic heterocycles. The van der Waals surface area contributed by atoms with E-state index in [1.54, 1.807) is 7.05 Å². The molecule has 1 aliphatic rings. The van der Waals surface area contributed by atoms with Crippen molar-refractivity contribution >= 4 is 5.91 Å². The molecule has 1 amide bonds. The maximum atomic E-state index is 12.0. The molecule has 112 valence electrons. The molecule has 0 saturated carbocycles. The number of aliphatic hydroxyl groups excluding tert-OH is 1. The number of carbonyl (C=O) groups is 1. The number of amides is 1. The number of carbonyl (C=O) groups excluding carboxylic acids is 1. The van der Waals surface area contributed by atoms with Crippen LogP contribution < -0.4 is 5.73 Å². The summed E-state index contributed by atoms with van der Waals surface area (Å²) in [5.41, 5.74) is 5.82. The zero-order valence-electron chi connectivity index (χ0n) is 12.2. The van der Waals surface area contributed by atoms with Crippen LogP contribution in [0.2, 0.25) is 0 Å². The molecule has 1 aliphatic heterocycles. The van der Waals surface area contributed by atoms with Crippen LogP contribution in [0.3, 0.4) is 0 Å². The molecule has 1 unspecified atom stereocenters. The molecule has 0 aliphatic carbocycles. The maximum absolute atomic E-state index is 12.0. The van der Waals surface area contributed by atoms with Crippen molar-refractivity contribution < 1.29 is 14.6 Å². The summed E-state index contributed by atoms with van der Waals surface area (Å²) in [4.78, 5) is 15.6. The van der Waals surface area contributed by atoms with Crippen molar-refractivity contribution in [2.45, 2.75) is 26.0 Å². The molecule has 1 heterocycles. The predicted molar refractivity (Wildman–Crippen MR) is 73.7 cm³/mol. The van der Waals surface area contributed by atoms with Gasteiger partial charge in [0.15, 0.2) is 0 Å². The second-order valence-corrected chi connectivity index (χ2v) is 5.56. The monoisotopic (exact) mass is 273 g/mol. The Labute approximate surface area is 115 Å². The number of ether oxygens (including phenoxy) is 1. The SMILES string of the molecule is CC(C)[C@H](N)C(=O)N(C)CC(O)CN1CCOCC1. The van der Waals surface area contributed by atoms with E-state index in [2.05, 4.69) is 4.90 Å². The van der Waals surface area contributed by atoms with Gasteiger partial charge in [-0.05, 0) is 5.92 Å². The Morgan fingerprint density at radius 3 is 2.53 bits per heavy atom. The number of nitrogens with two attached hydrogens (primary N) is 1. The van der Waals surface area contributed by atoms with Crippen LogP contribution in [-0.4, -0.2) is 79.4 Å². The number of β-amino-alcohol motifs (C(OH)–C–C–N with tert-alkyl or cyclic N) is 1. The van der Waals surface area contributed by atoms with Gasteiger partial charge in [-0.15, -0.1) is 0 Å². The fraction of sp³-hybridized carbons (Fsp3) is 0.923. The Hall–Kier alpha value is -0.690. The van der Waals surface area contributed by atoms with Gasteiger partial charge in [0.25, 0.3) is 0 Å². The molecule has 0 aromatic carbocycles. The van der Waals surface area contributed by atoms with Gasteiger partial charge in [0.1, 0.15) is 0 Å². The lowest BCUT2D eigenvalue weighted by Crippen LogP contribution is -2.49. The summed E-state index contributed by atoms with van der Waals surface area (Å²) in [6.07, 6.45) is -0.550. The Balaban J connectivity index is 2.34. The lowest BCUT2D eigenvalue weighted by Gasteiger charge is -2.31. The number of likely N-dealkylation sites (N-methyl/N-ethyl adjacent to an activating group) is 1. The van der Waals surface area contributed by atoms with Gasteiger partial charge >= 0.3 is 0 Å². The van der Waals surface area contributed by atoms with E-state index in [4.69, 9.17) is 10.5 Å². The van der Waals surface area contributed by atoms with Crippen molar-refractivity contribution in [1.29, 1.82) is 0 Å². The van der Waals surface area contributed by atoms with E-state index in [9.17, 15) is 9.90 Å². The second kappa shape index (κ2) is 7.79. The third-order valence-electron chi connectivity index (χ3n) is 3.44. The molecular formula is C13H27N3O3. The minimum Gasteiger partial charge on any atom is -0.390 e. The molecule has 2 atom stereocenters. The van der Waals surface area contributed by atoms with Crippen LogP contribution in [0.1, 0.15) is 13.8 Å². The molecule has 6 nitrogen and oxygen atoms in total. The van der Waals surface area contributed by atoms with Gasteiger partial charge < -0.3 is 20.5 Å². The summed E-state index contributed by atoms with van der Waals surface area (Å²) < 4.78 is 5.25. The summed E-state index contributed by atoms with van der Waals surface area (Å²) in [7, 11) is 1.69. The fourth-order valence-electron chi connectivity index (χ4n) is 2.09. The number of aliphatic hydroxyl groups is 1. The first-order valence-electron chi connectivity index (χ1n) is 6.90. The topological polar surface area (TPSA) is 79.0 Å². The van der Waals surface area contributed by atoms with E-state index in [-0.39, 0.29) is 11.8 Å². The highest BCUT2D eigenvalue weighted by Gasteiger charge is 2.23. The maximum Gasteiger partial charge on any atom is 0.239 e. The van der Waals surface area contributed by atoms with Crippen LogP contribution in [0, 0.1) is 5.92 Å². The highest BCUT2D eigenvalue weighted by Crippen LogP contribution is 2.04. The quantitative estimate of drug-likeness (QED) is 0.657. The van der Waals surface area contributed by atoms with Gasteiger partial charge in [0.2, 0.25) is 5.91 Å². The van der Waals surface area contributed by atoms with Gasteiger partial charge in [0.05, 0.1) is 25.4 Å². The van der Waals surface area contributed by atoms with E-state index in [0.717, 1.165) is 13.1 Å². The summed E-state index contributed by atoms with van der Waals surface area (Å²) in [5, 5.41) is 10.0. The third-order valence-corrected chi connectivity index (χ3v) is 3.44. The minimum absolute atomic E-state index is 0.103. The molecular weight excluding hydrogens is 246 g/mol. The molecule has 0 radical (unpaired) electrons. The molecule has 19 heavy (non-hydrogen) atoms. The highest BCUT2D eigenvalue weighted by molar-refractivity contribution is 5.81. The van der Waals surface area contributed by atoms with Gasteiger partial charge in [-0.2, -0.15) is 0 Å². The first-order valence-corrected chi connectivity index (χ1v) is 6.90. The summed E-state index contributed by atoms with van der Waals surface area (Å²) in [5.74, 6) is -0.0117. The number of nitrogens with zero attached hydrogens (tertiary/aromatic N) is 2. The van der Waals surface area contributed by atoms with Crippen LogP contribution in [-0.2, 0) is 9.53 Å². The van der Waals surface area contributed by atoms with Crippen molar-refractivity contribution in [3.63, 3.8) is 0 Å². The Morgan fingerprint density at radius 2 is 2.00 bits per heavy atom. The number of hydrogen-bond acceptors (Lipinski definition) is 5. The van der Waals surface area contributed by atoms with Crippen molar-refractivity contribution in [2.75, 3.05) is 46.4 Å². The van der Waals surface area contributed by atoms with Crippen molar-refractivity contribution in [2.24, 2.45) is 11.7 Å². The van der Waals surface area contributed by atoms with E-state index >= 15 is 0 Å². The van der Waals surface area contributed by atoms with E-state index in [1.807, 2.05) is 13.8 Å². The fourth-order valence-corrected chi connectivity index (χ4v) is 2.09. The molecule has 0 spiro atoms. The largest absolute Gasteiger partial charge is 0.390 e. The normalized spacial score (nSPS) is 20.3. The zero-order chi connectivity index (χ0) is 14.4. The van der Waals surface area contributed by atoms with Crippen molar-refractivity contribution in [3.05, 3.63) is 0 Å². The Bertz CT molecular complexity index is 280. The first-order chi connectivity index (χ1) is 8.91. The third kappa shape index (κ3) is 5.44. The van der Waals surface area contributed by atoms with Crippen LogP contribution in [0.5, 0.6) is 0 Å². The molecule has 3 N–H and O–H groups in total. The summed E-state index contributed by atoms with van der Waals surface area (Å²) in [6, 6.07) is -0.499. The average Bonchev–Trinajstić information content (AvgIpc) is 2.37. The molecule has 0 aromatic rings. The van der Waals surface area contributed by atoms with Crippen LogP contribution >= 0.6 is 0 Å². The van der Waals surface area contributed by atoms with Crippen molar-refractivity contribution in [3.8, 4) is 0 Å². The highest BCUT2D eigenvalue weighted by atomic mass is 16.5. The smallest absolute Gasteiger partial charge is 0.239 e. The molecule has 0 bridgehead atoms. The average molecular weight is 273 g/mol. The number of hydrogen-bond donors (Lipinski definition) is 2. The zero-order valence-corrected chi connectivity index (χ0v) is 12.2. The lowest BCUT2D eigenvalue weighted by molar-refractivity contribution is -0.133. The first kappa shape index (κ1) is 16.4. The van der Waals surface area contributed by atoms with Gasteiger partial charge in [0, 0.05) is 33.2 Å². The van der Waals surface area contributed by atoms with Gasteiger partial charge in [-0.1, -0.05) is 13.8 Å². The summed E-state index contributed by atoms with van der Waals surface area (Å²) in [6.45, 7) is 7.80. The predicted octanol–water partition coefficient (Wildman–Crippen LogP) is -0.879. The van der Waals surface area contributed by atoms with E-state index in [0.29, 0.717) is 26.3 Å². The summed E-state index contributed by atoms with van der Waals surface area (Å²) >= 11 is 0. The van der Waals surface area contributed by atoms with Gasteiger partial charge in [-0.25, -0.2) is 0 Å². The van der Waals surface area contributed by atoms with Crippen molar-refractivity contribution in [1.82, 2.24) is 9.80 Å². The lowest BCUT2D eigenvalue weighted by atomic mass is 10.0. The Morgan fingerprint density at radius 1 is 1.42 bits per heavy atom. The molecule has 1 rings (SSSR count). The molecule has 6 heteroatoms. The standard InChI is InChI=1S/C13H27N3O3/c1-10(2)12(14)13(18)15(3)8-11(17)9-16-4-6-19-7-5-16/h10-12,17H,4-9,14H2,1-3H3/t11?,12-/m0/s1. The van der Waals surface area contributed by atoms with Crippen LogP contribution in [0.15, 0.2) is 0 Å². The van der Waals surface area contributed by atoms with E-state index in [1.165, 1.54) is 4.90 Å². The van der Waals surface area contributed by atoms with Crippen LogP contribution in [0.4, 0.5) is 0 Å². The molecule has 1 fully saturated rings.